The lowest BCUT2D eigenvalue weighted by Gasteiger charge is -2.31. The van der Waals surface area contributed by atoms with Crippen molar-refractivity contribution in [3.05, 3.63) is 0 Å². The Morgan fingerprint density at radius 1 is 1.12 bits per heavy atom. The van der Waals surface area contributed by atoms with E-state index in [-0.39, 0.29) is 5.41 Å². The van der Waals surface area contributed by atoms with Gasteiger partial charge < -0.3 is 15.7 Å². The lowest BCUT2D eigenvalue weighted by atomic mass is 9.93. The number of hydrogen-bond acceptors (Lipinski definition) is 3. The summed E-state index contributed by atoms with van der Waals surface area (Å²) in [5.41, 5.74) is 5.97. The molecule has 0 unspecified atom stereocenters. The van der Waals surface area contributed by atoms with Crippen LogP contribution in [0.2, 0.25) is 0 Å². The molecule has 0 aliphatic heterocycles. The van der Waals surface area contributed by atoms with E-state index >= 15 is 0 Å². The summed E-state index contributed by atoms with van der Waals surface area (Å²) >= 11 is 0. The summed E-state index contributed by atoms with van der Waals surface area (Å²) in [5.74, 6) is 0. The van der Waals surface area contributed by atoms with Crippen LogP contribution in [0.3, 0.4) is 0 Å². The second-order valence-electron chi connectivity index (χ2n) is 5.37. The molecule has 0 rings (SSSR count). The topological polar surface area (TPSA) is 49.5 Å². The van der Waals surface area contributed by atoms with Crippen LogP contribution in [0.4, 0.5) is 0 Å². The van der Waals surface area contributed by atoms with Gasteiger partial charge in [-0.1, -0.05) is 33.6 Å². The van der Waals surface area contributed by atoms with Crippen LogP contribution in [0.25, 0.3) is 0 Å². The molecule has 0 fully saturated rings. The second-order valence-corrected chi connectivity index (χ2v) is 5.37. The smallest absolute Gasteiger partial charge is 0.0431 e. The summed E-state index contributed by atoms with van der Waals surface area (Å²) in [7, 11) is 0. The Kier molecular flexibility index (Phi) is 8.90. The van der Waals surface area contributed by atoms with Crippen molar-refractivity contribution in [1.29, 1.82) is 0 Å². The van der Waals surface area contributed by atoms with E-state index in [2.05, 4.69) is 25.7 Å². The minimum Gasteiger partial charge on any atom is -0.396 e. The van der Waals surface area contributed by atoms with Crippen molar-refractivity contribution in [2.24, 2.45) is 11.1 Å². The van der Waals surface area contributed by atoms with Gasteiger partial charge in [-0.2, -0.15) is 0 Å². The van der Waals surface area contributed by atoms with E-state index in [4.69, 9.17) is 10.8 Å². The maximum absolute atomic E-state index is 8.68. The fourth-order valence-corrected chi connectivity index (χ4v) is 1.82. The van der Waals surface area contributed by atoms with Crippen LogP contribution in [0.1, 0.15) is 46.5 Å². The highest BCUT2D eigenvalue weighted by atomic mass is 16.2. The van der Waals surface area contributed by atoms with Gasteiger partial charge in [-0.15, -0.1) is 0 Å². The average Bonchev–Trinajstić information content (AvgIpc) is 2.27. The van der Waals surface area contributed by atoms with Crippen molar-refractivity contribution in [2.45, 2.75) is 46.5 Å². The zero-order valence-corrected chi connectivity index (χ0v) is 11.3. The van der Waals surface area contributed by atoms with E-state index in [1.165, 1.54) is 12.8 Å². The van der Waals surface area contributed by atoms with Crippen molar-refractivity contribution in [1.82, 2.24) is 4.90 Å². The fraction of sp³-hybridized carbons (Fsp3) is 1.00. The first-order valence-electron chi connectivity index (χ1n) is 6.59. The molecule has 0 amide bonds. The predicted molar refractivity (Wildman–Crippen MR) is 70.5 cm³/mol. The second kappa shape index (κ2) is 8.97. The molecule has 16 heavy (non-hydrogen) atoms. The Morgan fingerprint density at radius 3 is 2.25 bits per heavy atom. The molecule has 3 heteroatoms. The third kappa shape index (κ3) is 8.08. The van der Waals surface area contributed by atoms with E-state index in [0.29, 0.717) is 6.61 Å². The lowest BCUT2D eigenvalue weighted by molar-refractivity contribution is 0.186. The molecular formula is C13H30N2O. The number of nitrogens with zero attached hydrogens (tertiary/aromatic N) is 1. The molecule has 0 radical (unpaired) electrons. The van der Waals surface area contributed by atoms with Gasteiger partial charge in [0.2, 0.25) is 0 Å². The van der Waals surface area contributed by atoms with Crippen molar-refractivity contribution < 1.29 is 5.11 Å². The number of nitrogens with two attached hydrogens (primary N) is 1. The average molecular weight is 230 g/mol. The van der Waals surface area contributed by atoms with E-state index in [1.54, 1.807) is 0 Å². The van der Waals surface area contributed by atoms with Gasteiger partial charge in [0.1, 0.15) is 0 Å². The summed E-state index contributed by atoms with van der Waals surface area (Å²) in [6.45, 7) is 11.1. The van der Waals surface area contributed by atoms with E-state index in [1.807, 2.05) is 0 Å². The Hall–Kier alpha value is -0.120. The number of hydrogen-bond donors (Lipinski definition) is 2. The molecule has 3 nitrogen and oxygen atoms in total. The van der Waals surface area contributed by atoms with Crippen LogP contribution in [0.15, 0.2) is 0 Å². The summed E-state index contributed by atoms with van der Waals surface area (Å²) in [4.78, 5) is 2.48. The van der Waals surface area contributed by atoms with Crippen LogP contribution >= 0.6 is 0 Å². The molecule has 0 heterocycles. The SMILES string of the molecule is CCN(CCCCCCO)CC(C)(C)CN. The molecule has 0 aromatic heterocycles. The maximum atomic E-state index is 8.68. The van der Waals surface area contributed by atoms with Gasteiger partial charge in [-0.3, -0.25) is 0 Å². The van der Waals surface area contributed by atoms with E-state index in [9.17, 15) is 0 Å². The standard InChI is InChI=1S/C13H30N2O/c1-4-15(12-13(2,3)11-14)9-7-5-6-8-10-16/h16H,4-12,14H2,1-3H3. The molecule has 0 spiro atoms. The highest BCUT2D eigenvalue weighted by Crippen LogP contribution is 2.15. The van der Waals surface area contributed by atoms with E-state index < -0.39 is 0 Å². The molecule has 0 saturated carbocycles. The molecule has 0 bridgehead atoms. The van der Waals surface area contributed by atoms with Gasteiger partial charge >= 0.3 is 0 Å². The van der Waals surface area contributed by atoms with Gasteiger partial charge in [-0.25, -0.2) is 0 Å². The molecule has 0 aromatic rings. The summed E-state index contributed by atoms with van der Waals surface area (Å²) < 4.78 is 0. The van der Waals surface area contributed by atoms with Gasteiger partial charge in [0.15, 0.2) is 0 Å². The molecule has 0 atom stereocenters. The van der Waals surface area contributed by atoms with E-state index in [0.717, 1.165) is 39.0 Å². The van der Waals surface area contributed by atoms with Gasteiger partial charge in [0.25, 0.3) is 0 Å². The predicted octanol–water partition coefficient (Wildman–Crippen LogP) is 1.85. The number of aliphatic hydroxyl groups is 1. The highest BCUT2D eigenvalue weighted by Gasteiger charge is 2.18. The Bertz CT molecular complexity index is 160. The Balaban J connectivity index is 3.67. The largest absolute Gasteiger partial charge is 0.396 e. The minimum absolute atomic E-state index is 0.223. The lowest BCUT2D eigenvalue weighted by Crippen LogP contribution is -2.39. The number of unbranched alkanes of at least 4 members (excludes halogenated alkanes) is 3. The molecular weight excluding hydrogens is 200 g/mol. The summed E-state index contributed by atoms with van der Waals surface area (Å²) in [6, 6.07) is 0. The first-order chi connectivity index (χ1) is 7.55. The van der Waals surface area contributed by atoms with Crippen molar-refractivity contribution in [3.63, 3.8) is 0 Å². The normalized spacial score (nSPS) is 12.4. The fourth-order valence-electron chi connectivity index (χ4n) is 1.82. The number of aliphatic hydroxyl groups excluding tert-OH is 1. The quantitative estimate of drug-likeness (QED) is 0.563. The highest BCUT2D eigenvalue weighted by molar-refractivity contribution is 4.74. The molecule has 0 aromatic carbocycles. The van der Waals surface area contributed by atoms with Crippen LogP contribution in [-0.2, 0) is 0 Å². The first-order valence-corrected chi connectivity index (χ1v) is 6.59. The zero-order chi connectivity index (χ0) is 12.4. The Morgan fingerprint density at radius 2 is 1.75 bits per heavy atom. The summed E-state index contributed by atoms with van der Waals surface area (Å²) in [6.07, 6.45) is 4.54. The number of rotatable bonds is 10. The molecule has 0 aliphatic rings. The first kappa shape index (κ1) is 15.9. The molecule has 0 saturated heterocycles. The monoisotopic (exact) mass is 230 g/mol. The van der Waals surface area contributed by atoms with Crippen LogP contribution < -0.4 is 5.73 Å². The molecule has 98 valence electrons. The summed E-state index contributed by atoms with van der Waals surface area (Å²) in [5, 5.41) is 8.68. The van der Waals surface area contributed by atoms with Crippen LogP contribution in [-0.4, -0.2) is 42.8 Å². The third-order valence-corrected chi connectivity index (χ3v) is 3.03. The minimum atomic E-state index is 0.223. The Labute approximate surface area is 101 Å². The van der Waals surface area contributed by atoms with Gasteiger partial charge in [0.05, 0.1) is 0 Å². The van der Waals surface area contributed by atoms with Crippen LogP contribution in [0, 0.1) is 5.41 Å². The maximum Gasteiger partial charge on any atom is 0.0431 e. The van der Waals surface area contributed by atoms with Crippen molar-refractivity contribution in [3.8, 4) is 0 Å². The molecule has 3 N–H and O–H groups in total. The van der Waals surface area contributed by atoms with Crippen molar-refractivity contribution in [2.75, 3.05) is 32.8 Å². The zero-order valence-electron chi connectivity index (χ0n) is 11.3. The van der Waals surface area contributed by atoms with Gasteiger partial charge in [0, 0.05) is 13.2 Å². The molecule has 0 aliphatic carbocycles. The van der Waals surface area contributed by atoms with Crippen LogP contribution in [0.5, 0.6) is 0 Å². The third-order valence-electron chi connectivity index (χ3n) is 3.03. The van der Waals surface area contributed by atoms with Gasteiger partial charge in [-0.05, 0) is 37.9 Å². The van der Waals surface area contributed by atoms with Crippen molar-refractivity contribution >= 4 is 0 Å².